The Morgan fingerprint density at radius 1 is 0.931 bits per heavy atom. The molecular weight excluding hydrogens is 408 g/mol. The number of hydrogen-bond donors (Lipinski definition) is 2. The van der Waals surface area contributed by atoms with E-state index in [0.29, 0.717) is 42.1 Å². The lowest BCUT2D eigenvalue weighted by molar-refractivity contribution is 0.346. The van der Waals surface area contributed by atoms with Crippen molar-refractivity contribution < 1.29 is 8.42 Å². The van der Waals surface area contributed by atoms with Crippen molar-refractivity contribution in [2.24, 2.45) is 4.99 Å². The van der Waals surface area contributed by atoms with E-state index in [-0.39, 0.29) is 0 Å². The molecule has 3 rings (SSSR count). The molecule has 0 atom stereocenters. The van der Waals surface area contributed by atoms with Crippen molar-refractivity contribution >= 4 is 27.6 Å². The van der Waals surface area contributed by atoms with Crippen molar-refractivity contribution in [1.82, 2.24) is 14.9 Å². The lowest BCUT2D eigenvalue weighted by Crippen LogP contribution is -2.36. The maximum absolute atomic E-state index is 12.7. The Kier molecular flexibility index (Phi) is 7.52. The van der Waals surface area contributed by atoms with Crippen LogP contribution in [0.3, 0.4) is 0 Å². The zero-order valence-corrected chi connectivity index (χ0v) is 18.1. The fourth-order valence-electron chi connectivity index (χ4n) is 3.23. The monoisotopic (exact) mass is 434 g/mol. The second kappa shape index (κ2) is 10.1. The molecule has 0 amide bonds. The Labute approximate surface area is 178 Å². The van der Waals surface area contributed by atoms with Crippen molar-refractivity contribution in [1.29, 1.82) is 0 Å². The zero-order valence-electron chi connectivity index (χ0n) is 16.6. The Bertz CT molecular complexity index is 922. The van der Waals surface area contributed by atoms with E-state index in [1.807, 2.05) is 36.4 Å². The molecule has 1 aliphatic rings. The quantitative estimate of drug-likeness (QED) is 0.540. The van der Waals surface area contributed by atoms with Crippen molar-refractivity contribution in [3.8, 4) is 0 Å². The van der Waals surface area contributed by atoms with Crippen LogP contribution < -0.4 is 10.6 Å². The number of guanidine groups is 1. The summed E-state index contributed by atoms with van der Waals surface area (Å²) >= 11 is 5.91. The smallest absolute Gasteiger partial charge is 0.243 e. The summed E-state index contributed by atoms with van der Waals surface area (Å²) in [6, 6.07) is 14.7. The van der Waals surface area contributed by atoms with Crippen molar-refractivity contribution in [3.63, 3.8) is 0 Å². The third kappa shape index (κ3) is 5.95. The summed E-state index contributed by atoms with van der Waals surface area (Å²) in [5.74, 6) is 0.671. The van der Waals surface area contributed by atoms with Gasteiger partial charge in [-0.25, -0.2) is 8.42 Å². The molecule has 0 unspecified atom stereocenters. The first-order valence-corrected chi connectivity index (χ1v) is 11.6. The number of nitrogens with one attached hydrogen (secondary N) is 2. The van der Waals surface area contributed by atoms with Crippen molar-refractivity contribution in [2.75, 3.05) is 20.1 Å². The predicted octanol–water partition coefficient (Wildman–Crippen LogP) is 3.38. The number of rotatable bonds is 6. The largest absolute Gasteiger partial charge is 0.352 e. The number of aliphatic imine (C=N–C) groups is 1. The highest BCUT2D eigenvalue weighted by Gasteiger charge is 2.25. The van der Waals surface area contributed by atoms with Gasteiger partial charge in [-0.05, 0) is 48.2 Å². The summed E-state index contributed by atoms with van der Waals surface area (Å²) in [5, 5.41) is 7.20. The minimum Gasteiger partial charge on any atom is -0.352 e. The van der Waals surface area contributed by atoms with E-state index in [1.54, 1.807) is 23.5 Å². The highest BCUT2D eigenvalue weighted by molar-refractivity contribution is 7.89. The van der Waals surface area contributed by atoms with Crippen LogP contribution in [0.25, 0.3) is 0 Å². The van der Waals surface area contributed by atoms with Crippen LogP contribution in [0.2, 0.25) is 5.02 Å². The maximum Gasteiger partial charge on any atom is 0.243 e. The minimum atomic E-state index is -3.39. The number of piperidine rings is 1. The topological polar surface area (TPSA) is 73.8 Å². The van der Waals surface area contributed by atoms with Gasteiger partial charge in [0.1, 0.15) is 0 Å². The Morgan fingerprint density at radius 3 is 1.97 bits per heavy atom. The number of hydrogen-bond acceptors (Lipinski definition) is 3. The summed E-state index contributed by atoms with van der Waals surface area (Å²) in [6.45, 7) is 2.40. The minimum absolute atomic E-state index is 0.355. The highest BCUT2D eigenvalue weighted by atomic mass is 35.5. The summed E-state index contributed by atoms with van der Waals surface area (Å²) < 4.78 is 27.0. The molecule has 156 valence electrons. The molecule has 0 spiro atoms. The predicted molar refractivity (Wildman–Crippen MR) is 118 cm³/mol. The SMILES string of the molecule is CN=C(NCc1ccc(Cl)cc1)NCc1ccc(S(=O)(=O)N2CCCCC2)cc1. The molecule has 1 saturated heterocycles. The van der Waals surface area contributed by atoms with Gasteiger partial charge >= 0.3 is 0 Å². The van der Waals surface area contributed by atoms with Gasteiger partial charge in [0.2, 0.25) is 10.0 Å². The summed E-state index contributed by atoms with van der Waals surface area (Å²) in [6.07, 6.45) is 2.97. The van der Waals surface area contributed by atoms with Crippen molar-refractivity contribution in [3.05, 3.63) is 64.7 Å². The van der Waals surface area contributed by atoms with Gasteiger partial charge in [-0.2, -0.15) is 4.31 Å². The van der Waals surface area contributed by atoms with Gasteiger partial charge in [-0.3, -0.25) is 4.99 Å². The molecular formula is C21H27ClN4O2S. The highest BCUT2D eigenvalue weighted by Crippen LogP contribution is 2.20. The van der Waals surface area contributed by atoms with Crippen LogP contribution in [0.1, 0.15) is 30.4 Å². The molecule has 2 aromatic carbocycles. The Hall–Kier alpha value is -2.09. The number of benzene rings is 2. The molecule has 0 aliphatic carbocycles. The normalized spacial score (nSPS) is 15.9. The van der Waals surface area contributed by atoms with E-state index >= 15 is 0 Å². The second-order valence-corrected chi connectivity index (χ2v) is 9.39. The van der Waals surface area contributed by atoms with Crippen molar-refractivity contribution in [2.45, 2.75) is 37.2 Å². The van der Waals surface area contributed by atoms with Crippen LogP contribution in [0.4, 0.5) is 0 Å². The van der Waals surface area contributed by atoms with Gasteiger partial charge in [-0.15, -0.1) is 0 Å². The van der Waals surface area contributed by atoms with Crippen LogP contribution in [-0.4, -0.2) is 38.8 Å². The third-order valence-electron chi connectivity index (χ3n) is 4.93. The summed E-state index contributed by atoms with van der Waals surface area (Å²) in [4.78, 5) is 4.57. The standard InChI is InChI=1S/C21H27ClN4O2S/c1-23-21(24-15-17-5-9-19(22)10-6-17)25-16-18-7-11-20(12-8-18)29(27,28)26-13-3-2-4-14-26/h5-12H,2-4,13-16H2,1H3,(H2,23,24,25). The number of sulfonamides is 1. The van der Waals surface area contributed by atoms with Crippen LogP contribution in [0.5, 0.6) is 0 Å². The third-order valence-corrected chi connectivity index (χ3v) is 7.10. The first-order valence-electron chi connectivity index (χ1n) is 9.77. The molecule has 2 N–H and O–H groups in total. The average molecular weight is 435 g/mol. The molecule has 1 heterocycles. The Balaban J connectivity index is 1.54. The first-order chi connectivity index (χ1) is 14.0. The van der Waals surface area contributed by atoms with Crippen LogP contribution >= 0.6 is 11.6 Å². The fraction of sp³-hybridized carbons (Fsp3) is 0.381. The van der Waals surface area contributed by atoms with Gasteiger partial charge in [0.25, 0.3) is 0 Å². The molecule has 2 aromatic rings. The van der Waals surface area contributed by atoms with Gasteiger partial charge < -0.3 is 10.6 Å². The van der Waals surface area contributed by atoms with E-state index < -0.39 is 10.0 Å². The lowest BCUT2D eigenvalue weighted by Gasteiger charge is -2.25. The number of nitrogens with zero attached hydrogens (tertiary/aromatic N) is 2. The van der Waals surface area contributed by atoms with Gasteiger partial charge in [0.15, 0.2) is 5.96 Å². The molecule has 8 heteroatoms. The fourth-order valence-corrected chi connectivity index (χ4v) is 4.87. The molecule has 0 radical (unpaired) electrons. The van der Waals surface area contributed by atoms with E-state index in [4.69, 9.17) is 11.6 Å². The Morgan fingerprint density at radius 2 is 1.45 bits per heavy atom. The van der Waals surface area contributed by atoms with Crippen LogP contribution in [-0.2, 0) is 23.1 Å². The van der Waals surface area contributed by atoms with Crippen LogP contribution in [0, 0.1) is 0 Å². The number of halogens is 1. The lowest BCUT2D eigenvalue weighted by atomic mass is 10.2. The molecule has 0 aromatic heterocycles. The van der Waals surface area contributed by atoms with E-state index in [0.717, 1.165) is 30.4 Å². The second-order valence-electron chi connectivity index (χ2n) is 7.01. The van der Waals surface area contributed by atoms with E-state index in [2.05, 4.69) is 15.6 Å². The van der Waals surface area contributed by atoms with Crippen LogP contribution in [0.15, 0.2) is 58.4 Å². The molecule has 1 fully saturated rings. The zero-order chi connectivity index (χ0) is 20.7. The molecule has 29 heavy (non-hydrogen) atoms. The van der Waals surface area contributed by atoms with Gasteiger partial charge in [0.05, 0.1) is 4.90 Å². The van der Waals surface area contributed by atoms with Gasteiger partial charge in [-0.1, -0.05) is 42.3 Å². The van der Waals surface area contributed by atoms with E-state index in [9.17, 15) is 8.42 Å². The van der Waals surface area contributed by atoms with E-state index in [1.165, 1.54) is 0 Å². The average Bonchev–Trinajstić information content (AvgIpc) is 2.76. The first kappa shape index (κ1) is 21.6. The molecule has 0 saturated carbocycles. The molecule has 0 bridgehead atoms. The maximum atomic E-state index is 12.7. The molecule has 6 nitrogen and oxygen atoms in total. The summed E-state index contributed by atoms with van der Waals surface area (Å²) in [7, 11) is -1.68. The summed E-state index contributed by atoms with van der Waals surface area (Å²) in [5.41, 5.74) is 2.08. The van der Waals surface area contributed by atoms with Gasteiger partial charge in [0, 0.05) is 38.2 Å². The molecule has 1 aliphatic heterocycles.